The van der Waals surface area contributed by atoms with E-state index in [0.29, 0.717) is 17.3 Å². The van der Waals surface area contributed by atoms with Crippen LogP contribution in [0, 0.1) is 0 Å². The van der Waals surface area contributed by atoms with Gasteiger partial charge in [0.05, 0.1) is 17.3 Å². The Morgan fingerprint density at radius 2 is 2.13 bits per heavy atom. The van der Waals surface area contributed by atoms with Crippen molar-refractivity contribution in [3.05, 3.63) is 29.3 Å². The first-order valence-corrected chi connectivity index (χ1v) is 4.96. The molecule has 0 radical (unpaired) electrons. The average Bonchev–Trinajstić information content (AvgIpc) is 2.43. The van der Waals surface area contributed by atoms with E-state index in [1.54, 1.807) is 31.3 Å². The number of hydrogen-bond acceptors (Lipinski definition) is 2. The molecule has 0 aromatic heterocycles. The smallest absolute Gasteiger partial charge is 0.326 e. The van der Waals surface area contributed by atoms with E-state index >= 15 is 0 Å². The van der Waals surface area contributed by atoms with E-state index in [1.807, 2.05) is 0 Å². The molecule has 1 saturated heterocycles. The summed E-state index contributed by atoms with van der Waals surface area (Å²) in [5.74, 6) is 0. The summed E-state index contributed by atoms with van der Waals surface area (Å²) >= 11 is 5.96. The zero-order valence-corrected chi connectivity index (χ0v) is 8.98. The van der Waals surface area contributed by atoms with Crippen molar-refractivity contribution < 1.29 is 9.90 Å². The number of carbonyl (C=O) groups excluding carboxylic acids is 1. The Labute approximate surface area is 92.7 Å². The van der Waals surface area contributed by atoms with Crippen LogP contribution in [0.5, 0.6) is 0 Å². The standard InChI is InChI=1S/C10H11ClN2O2/c1-12-6-9(14)13(10(12)15)8-5-3-2-4-7(8)11/h2-5,9,14H,6H2,1H3. The fraction of sp³-hybridized carbons (Fsp3) is 0.300. The Morgan fingerprint density at radius 3 is 2.67 bits per heavy atom. The Hall–Kier alpha value is -1.26. The molecule has 4 nitrogen and oxygen atoms in total. The van der Waals surface area contributed by atoms with Gasteiger partial charge in [-0.05, 0) is 12.1 Å². The summed E-state index contributed by atoms with van der Waals surface area (Å²) in [7, 11) is 1.64. The minimum Gasteiger partial charge on any atom is -0.371 e. The quantitative estimate of drug-likeness (QED) is 0.789. The lowest BCUT2D eigenvalue weighted by Crippen LogP contribution is -2.34. The van der Waals surface area contributed by atoms with Crippen LogP contribution in [0.2, 0.25) is 5.02 Å². The third-order valence-electron chi connectivity index (χ3n) is 2.38. The summed E-state index contributed by atoms with van der Waals surface area (Å²) in [5, 5.41) is 10.2. The lowest BCUT2D eigenvalue weighted by atomic mass is 10.3. The van der Waals surface area contributed by atoms with Crippen LogP contribution in [0.15, 0.2) is 24.3 Å². The maximum atomic E-state index is 11.7. The number of β-amino-alcohol motifs (C(OH)–C–C–N with tert-alkyl or cyclic N) is 1. The van der Waals surface area contributed by atoms with E-state index in [1.165, 1.54) is 9.80 Å². The highest BCUT2D eigenvalue weighted by Crippen LogP contribution is 2.29. The van der Waals surface area contributed by atoms with Gasteiger partial charge in [-0.2, -0.15) is 0 Å². The molecule has 1 aliphatic heterocycles. The number of para-hydroxylation sites is 1. The molecule has 80 valence electrons. The normalized spacial score (nSPS) is 21.3. The number of amides is 2. The van der Waals surface area contributed by atoms with Gasteiger partial charge in [-0.25, -0.2) is 4.79 Å². The number of urea groups is 1. The number of rotatable bonds is 1. The van der Waals surface area contributed by atoms with Crippen LogP contribution < -0.4 is 4.90 Å². The first-order chi connectivity index (χ1) is 7.11. The van der Waals surface area contributed by atoms with Crippen LogP contribution in [0.4, 0.5) is 10.5 Å². The monoisotopic (exact) mass is 226 g/mol. The Morgan fingerprint density at radius 1 is 1.47 bits per heavy atom. The molecule has 0 bridgehead atoms. The van der Waals surface area contributed by atoms with Crippen LogP contribution in [-0.2, 0) is 0 Å². The van der Waals surface area contributed by atoms with Crippen LogP contribution in [0.1, 0.15) is 0 Å². The highest BCUT2D eigenvalue weighted by molar-refractivity contribution is 6.33. The molecule has 1 fully saturated rings. The summed E-state index contributed by atoms with van der Waals surface area (Å²) in [5.41, 5.74) is 0.543. The number of nitrogens with zero attached hydrogens (tertiary/aromatic N) is 2. The van der Waals surface area contributed by atoms with Gasteiger partial charge in [-0.1, -0.05) is 23.7 Å². The molecular formula is C10H11ClN2O2. The number of benzene rings is 1. The van der Waals surface area contributed by atoms with Crippen LogP contribution in [0.3, 0.4) is 0 Å². The van der Waals surface area contributed by atoms with E-state index in [0.717, 1.165) is 0 Å². The van der Waals surface area contributed by atoms with Crippen LogP contribution in [0.25, 0.3) is 0 Å². The van der Waals surface area contributed by atoms with E-state index in [2.05, 4.69) is 0 Å². The van der Waals surface area contributed by atoms with Gasteiger partial charge < -0.3 is 10.0 Å². The van der Waals surface area contributed by atoms with Crippen molar-refractivity contribution >= 4 is 23.3 Å². The molecule has 2 amide bonds. The van der Waals surface area contributed by atoms with Crippen LogP contribution in [-0.4, -0.2) is 35.9 Å². The SMILES string of the molecule is CN1CC(O)N(c2ccccc2Cl)C1=O. The van der Waals surface area contributed by atoms with Crippen molar-refractivity contribution in [3.63, 3.8) is 0 Å². The van der Waals surface area contributed by atoms with E-state index < -0.39 is 6.23 Å². The number of anilines is 1. The van der Waals surface area contributed by atoms with Crippen molar-refractivity contribution in [2.45, 2.75) is 6.23 Å². The van der Waals surface area contributed by atoms with Gasteiger partial charge in [-0.3, -0.25) is 4.90 Å². The van der Waals surface area contributed by atoms with Crippen molar-refractivity contribution in [1.29, 1.82) is 0 Å². The summed E-state index contributed by atoms with van der Waals surface area (Å²) < 4.78 is 0. The van der Waals surface area contributed by atoms with E-state index in [9.17, 15) is 9.90 Å². The van der Waals surface area contributed by atoms with Gasteiger partial charge >= 0.3 is 6.03 Å². The summed E-state index contributed by atoms with van der Waals surface area (Å²) in [6.07, 6.45) is -0.831. The van der Waals surface area contributed by atoms with Gasteiger partial charge in [0.25, 0.3) is 0 Å². The molecule has 1 atom stereocenters. The largest absolute Gasteiger partial charge is 0.371 e. The van der Waals surface area contributed by atoms with Gasteiger partial charge in [0.15, 0.2) is 6.23 Å². The number of aliphatic hydroxyl groups is 1. The van der Waals surface area contributed by atoms with Gasteiger partial charge in [0.1, 0.15) is 0 Å². The molecule has 1 unspecified atom stereocenters. The minimum absolute atomic E-state index is 0.240. The molecule has 0 spiro atoms. The Bertz CT molecular complexity index is 397. The molecule has 1 N–H and O–H groups in total. The molecule has 1 heterocycles. The summed E-state index contributed by atoms with van der Waals surface area (Å²) in [6, 6.07) is 6.72. The minimum atomic E-state index is -0.831. The lowest BCUT2D eigenvalue weighted by molar-refractivity contribution is 0.183. The Balaban J connectivity index is 2.39. The third kappa shape index (κ3) is 1.66. The third-order valence-corrected chi connectivity index (χ3v) is 2.70. The number of aliphatic hydroxyl groups excluding tert-OH is 1. The summed E-state index contributed by atoms with van der Waals surface area (Å²) in [6.45, 7) is 0.296. The first kappa shape index (κ1) is 10.3. The fourth-order valence-electron chi connectivity index (χ4n) is 1.63. The fourth-order valence-corrected chi connectivity index (χ4v) is 1.85. The number of halogens is 1. The number of carbonyl (C=O) groups is 1. The lowest BCUT2D eigenvalue weighted by Gasteiger charge is -2.20. The molecular weight excluding hydrogens is 216 g/mol. The molecule has 2 rings (SSSR count). The summed E-state index contributed by atoms with van der Waals surface area (Å²) in [4.78, 5) is 14.4. The second-order valence-electron chi connectivity index (χ2n) is 3.47. The highest BCUT2D eigenvalue weighted by atomic mass is 35.5. The zero-order valence-electron chi connectivity index (χ0n) is 8.22. The zero-order chi connectivity index (χ0) is 11.0. The van der Waals surface area contributed by atoms with Gasteiger partial charge in [0.2, 0.25) is 0 Å². The topological polar surface area (TPSA) is 43.8 Å². The van der Waals surface area contributed by atoms with Crippen molar-refractivity contribution in [1.82, 2.24) is 4.90 Å². The Kier molecular flexibility index (Phi) is 2.54. The second kappa shape index (κ2) is 3.72. The van der Waals surface area contributed by atoms with Crippen molar-refractivity contribution in [2.24, 2.45) is 0 Å². The molecule has 15 heavy (non-hydrogen) atoms. The van der Waals surface area contributed by atoms with Gasteiger partial charge in [-0.15, -0.1) is 0 Å². The van der Waals surface area contributed by atoms with E-state index in [-0.39, 0.29) is 6.03 Å². The molecule has 1 aromatic carbocycles. The average molecular weight is 227 g/mol. The van der Waals surface area contributed by atoms with Crippen LogP contribution >= 0.6 is 11.6 Å². The molecule has 1 aromatic rings. The molecule has 1 aliphatic rings. The molecule has 0 saturated carbocycles. The number of likely N-dealkylation sites (N-methyl/N-ethyl adjacent to an activating group) is 1. The predicted molar refractivity (Wildman–Crippen MR) is 58.0 cm³/mol. The maximum Gasteiger partial charge on any atom is 0.326 e. The van der Waals surface area contributed by atoms with Crippen molar-refractivity contribution in [2.75, 3.05) is 18.5 Å². The maximum absolute atomic E-state index is 11.7. The molecule has 0 aliphatic carbocycles. The van der Waals surface area contributed by atoms with Gasteiger partial charge in [0, 0.05) is 7.05 Å². The van der Waals surface area contributed by atoms with Crippen molar-refractivity contribution in [3.8, 4) is 0 Å². The molecule has 5 heteroatoms. The highest BCUT2D eigenvalue weighted by Gasteiger charge is 2.35. The van der Waals surface area contributed by atoms with E-state index in [4.69, 9.17) is 11.6 Å². The predicted octanol–water partition coefficient (Wildman–Crippen LogP) is 1.53. The second-order valence-corrected chi connectivity index (χ2v) is 3.87. The number of hydrogen-bond donors (Lipinski definition) is 1. The first-order valence-electron chi connectivity index (χ1n) is 4.58.